The van der Waals surface area contributed by atoms with E-state index in [1.54, 1.807) is 0 Å². The van der Waals surface area contributed by atoms with Gasteiger partial charge in [0.15, 0.2) is 0 Å². The molecule has 0 amide bonds. The van der Waals surface area contributed by atoms with Crippen LogP contribution in [-0.2, 0) is 11.2 Å². The van der Waals surface area contributed by atoms with Gasteiger partial charge in [-0.3, -0.25) is 0 Å². The Kier molecular flexibility index (Phi) is 1.81. The van der Waals surface area contributed by atoms with Gasteiger partial charge >= 0.3 is 0 Å². The van der Waals surface area contributed by atoms with Gasteiger partial charge in [0.25, 0.3) is 0 Å². The Balaban J connectivity index is 2.27. The van der Waals surface area contributed by atoms with Gasteiger partial charge in [-0.1, -0.05) is 25.2 Å². The molecule has 1 saturated heterocycles. The van der Waals surface area contributed by atoms with Crippen molar-refractivity contribution in [3.63, 3.8) is 0 Å². The molecule has 0 aromatic rings. The van der Waals surface area contributed by atoms with Crippen LogP contribution < -0.4 is 0 Å². The highest BCUT2D eigenvalue weighted by Crippen LogP contribution is 2.34. The minimum atomic E-state index is -0.589. The van der Waals surface area contributed by atoms with Crippen LogP contribution in [0.5, 0.6) is 0 Å². The van der Waals surface area contributed by atoms with E-state index >= 15 is 0 Å². The van der Waals surface area contributed by atoms with Crippen LogP contribution in [0.2, 0.25) is 0 Å². The van der Waals surface area contributed by atoms with E-state index in [0.29, 0.717) is 11.2 Å². The van der Waals surface area contributed by atoms with Gasteiger partial charge < -0.3 is 4.55 Å². The van der Waals surface area contributed by atoms with Gasteiger partial charge in [-0.15, -0.1) is 0 Å². The first kappa shape index (κ1) is 7.44. The van der Waals surface area contributed by atoms with Crippen molar-refractivity contribution >= 4 is 11.2 Å². The molecule has 0 N–H and O–H groups in total. The first-order chi connectivity index (χ1) is 5.29. The van der Waals surface area contributed by atoms with Gasteiger partial charge in [0.1, 0.15) is 11.0 Å². The fourth-order valence-electron chi connectivity index (χ4n) is 1.87. The van der Waals surface area contributed by atoms with E-state index in [2.05, 4.69) is 25.2 Å². The SMILES string of the molecule is CC1C=CC=C2CC[S+]([O-])C21. The summed E-state index contributed by atoms with van der Waals surface area (Å²) >= 11 is -0.589. The largest absolute Gasteiger partial charge is 0.616 e. The average Bonchev–Trinajstić information content (AvgIpc) is 2.34. The van der Waals surface area contributed by atoms with Crippen molar-refractivity contribution in [2.24, 2.45) is 5.92 Å². The molecule has 0 saturated carbocycles. The second-order valence-corrected chi connectivity index (χ2v) is 4.92. The Morgan fingerprint density at radius 3 is 3.18 bits per heavy atom. The number of fused-ring (bicyclic) bond motifs is 1. The van der Waals surface area contributed by atoms with Gasteiger partial charge in [-0.2, -0.15) is 0 Å². The standard InChI is InChI=1S/C9H12OS/c1-7-3-2-4-8-5-6-11(10)9(7)8/h2-4,7,9H,5-6H2,1H3. The maximum atomic E-state index is 11.5. The number of hydrogen-bond acceptors (Lipinski definition) is 1. The Morgan fingerprint density at radius 1 is 1.64 bits per heavy atom. The zero-order chi connectivity index (χ0) is 7.84. The van der Waals surface area contributed by atoms with Crippen molar-refractivity contribution in [3.8, 4) is 0 Å². The third kappa shape index (κ3) is 1.14. The predicted molar refractivity (Wildman–Crippen MR) is 47.8 cm³/mol. The summed E-state index contributed by atoms with van der Waals surface area (Å²) in [7, 11) is 0. The monoisotopic (exact) mass is 168 g/mol. The highest BCUT2D eigenvalue weighted by molar-refractivity contribution is 7.92. The van der Waals surface area contributed by atoms with Gasteiger partial charge in [-0.25, -0.2) is 0 Å². The molecule has 1 aliphatic carbocycles. The summed E-state index contributed by atoms with van der Waals surface area (Å²) in [5.41, 5.74) is 1.40. The molecule has 2 aliphatic rings. The summed E-state index contributed by atoms with van der Waals surface area (Å²) in [6, 6.07) is 0. The smallest absolute Gasteiger partial charge is 0.143 e. The summed E-state index contributed by atoms with van der Waals surface area (Å²) in [6.07, 6.45) is 7.43. The minimum Gasteiger partial charge on any atom is -0.616 e. The Labute approximate surface area is 70.4 Å². The Hall–Kier alpha value is -0.210. The Bertz CT molecular complexity index is 220. The minimum absolute atomic E-state index is 0.347. The second kappa shape index (κ2) is 2.68. The molecule has 2 rings (SSSR count). The lowest BCUT2D eigenvalue weighted by molar-refractivity contribution is 0.577. The van der Waals surface area contributed by atoms with Crippen molar-refractivity contribution in [3.05, 3.63) is 23.8 Å². The van der Waals surface area contributed by atoms with Gasteiger partial charge in [0.2, 0.25) is 0 Å². The van der Waals surface area contributed by atoms with Crippen molar-refractivity contribution in [1.29, 1.82) is 0 Å². The molecule has 60 valence electrons. The maximum absolute atomic E-state index is 11.5. The van der Waals surface area contributed by atoms with Crippen LogP contribution in [0.1, 0.15) is 13.3 Å². The van der Waals surface area contributed by atoms with Crippen molar-refractivity contribution in [2.75, 3.05) is 5.75 Å². The van der Waals surface area contributed by atoms with Crippen LogP contribution in [0.25, 0.3) is 0 Å². The van der Waals surface area contributed by atoms with E-state index in [9.17, 15) is 4.55 Å². The molecule has 1 heterocycles. The van der Waals surface area contributed by atoms with E-state index in [-0.39, 0.29) is 0 Å². The van der Waals surface area contributed by atoms with Crippen LogP contribution >= 0.6 is 0 Å². The highest BCUT2D eigenvalue weighted by atomic mass is 32.2. The molecule has 3 unspecified atom stereocenters. The molecule has 2 heteroatoms. The van der Waals surface area contributed by atoms with Crippen LogP contribution in [0.3, 0.4) is 0 Å². The fourth-order valence-corrected chi connectivity index (χ4v) is 3.66. The van der Waals surface area contributed by atoms with Crippen LogP contribution in [0, 0.1) is 5.92 Å². The number of rotatable bonds is 0. The predicted octanol–water partition coefficient (Wildman–Crippen LogP) is 1.64. The maximum Gasteiger partial charge on any atom is 0.143 e. The summed E-state index contributed by atoms with van der Waals surface area (Å²) in [5.74, 6) is 1.36. The fraction of sp³-hybridized carbons (Fsp3) is 0.556. The van der Waals surface area contributed by atoms with Crippen LogP contribution in [-0.4, -0.2) is 15.6 Å². The molecule has 11 heavy (non-hydrogen) atoms. The van der Waals surface area contributed by atoms with E-state index < -0.39 is 11.2 Å². The van der Waals surface area contributed by atoms with Gasteiger partial charge in [0.05, 0.1) is 0 Å². The lowest BCUT2D eigenvalue weighted by Crippen LogP contribution is -2.25. The third-order valence-electron chi connectivity index (χ3n) is 2.44. The van der Waals surface area contributed by atoms with Crippen molar-refractivity contribution in [2.45, 2.75) is 18.6 Å². The summed E-state index contributed by atoms with van der Waals surface area (Å²) < 4.78 is 11.5. The lowest BCUT2D eigenvalue weighted by Gasteiger charge is -2.21. The van der Waals surface area contributed by atoms with Crippen molar-refractivity contribution < 1.29 is 4.55 Å². The summed E-state index contributed by atoms with van der Waals surface area (Å²) in [5, 5.41) is 0.347. The van der Waals surface area contributed by atoms with E-state index in [0.717, 1.165) is 12.2 Å². The molecule has 0 spiro atoms. The molecule has 1 nitrogen and oxygen atoms in total. The van der Waals surface area contributed by atoms with Gasteiger partial charge in [-0.05, 0) is 16.7 Å². The molecule has 1 aliphatic heterocycles. The highest BCUT2D eigenvalue weighted by Gasteiger charge is 2.37. The third-order valence-corrected chi connectivity index (χ3v) is 4.35. The van der Waals surface area contributed by atoms with E-state index in [1.807, 2.05) is 0 Å². The topological polar surface area (TPSA) is 23.1 Å². The molecule has 0 aromatic heterocycles. The Morgan fingerprint density at radius 2 is 2.45 bits per heavy atom. The molecular formula is C9H12OS. The number of hydrogen-bond donors (Lipinski definition) is 0. The molecule has 1 fully saturated rings. The normalized spacial score (nSPS) is 42.0. The molecule has 0 aromatic carbocycles. The molecular weight excluding hydrogens is 156 g/mol. The quantitative estimate of drug-likeness (QED) is 0.504. The van der Waals surface area contributed by atoms with E-state index in [1.165, 1.54) is 5.57 Å². The van der Waals surface area contributed by atoms with Crippen LogP contribution in [0.4, 0.5) is 0 Å². The van der Waals surface area contributed by atoms with E-state index in [4.69, 9.17) is 0 Å². The zero-order valence-electron chi connectivity index (χ0n) is 6.62. The number of allylic oxidation sites excluding steroid dienone is 3. The molecule has 3 atom stereocenters. The summed E-state index contributed by atoms with van der Waals surface area (Å²) in [4.78, 5) is 0. The lowest BCUT2D eigenvalue weighted by atomic mass is 9.94. The molecule has 0 radical (unpaired) electrons. The van der Waals surface area contributed by atoms with Crippen LogP contribution in [0.15, 0.2) is 23.8 Å². The zero-order valence-corrected chi connectivity index (χ0v) is 7.43. The average molecular weight is 168 g/mol. The van der Waals surface area contributed by atoms with Crippen molar-refractivity contribution in [1.82, 2.24) is 0 Å². The summed E-state index contributed by atoms with van der Waals surface area (Å²) in [6.45, 7) is 2.15. The second-order valence-electron chi connectivity index (χ2n) is 3.24. The van der Waals surface area contributed by atoms with Gasteiger partial charge in [0, 0.05) is 12.3 Å². The molecule has 0 bridgehead atoms. The first-order valence-electron chi connectivity index (χ1n) is 4.03. The first-order valence-corrected chi connectivity index (χ1v) is 5.41.